The van der Waals surface area contributed by atoms with Crippen LogP contribution in [0.1, 0.15) is 0 Å². The normalized spacial score (nSPS) is 12.7. The van der Waals surface area contributed by atoms with E-state index in [9.17, 15) is 0 Å². The molecule has 8 heteroatoms. The lowest BCUT2D eigenvalue weighted by molar-refractivity contribution is 0.465. The van der Waals surface area contributed by atoms with Crippen molar-refractivity contribution in [2.45, 2.75) is 0 Å². The van der Waals surface area contributed by atoms with Crippen LogP contribution in [0.25, 0.3) is 22.3 Å². The number of para-hydroxylation sites is 8. The Balaban J connectivity index is 0.994. The van der Waals surface area contributed by atoms with Crippen molar-refractivity contribution in [1.82, 2.24) is 0 Å². The van der Waals surface area contributed by atoms with Crippen LogP contribution >= 0.6 is 0 Å². The van der Waals surface area contributed by atoms with Gasteiger partial charge in [0.15, 0.2) is 0 Å². The highest BCUT2D eigenvalue weighted by Gasteiger charge is 2.48. The summed E-state index contributed by atoms with van der Waals surface area (Å²) in [6.45, 7) is -0.426. The van der Waals surface area contributed by atoms with Crippen molar-refractivity contribution in [1.29, 1.82) is 0 Å². The Morgan fingerprint density at radius 1 is 0.256 bits per heavy atom. The summed E-state index contributed by atoms with van der Waals surface area (Å²) in [5.41, 5.74) is 23.9. The second-order valence-corrected chi connectivity index (χ2v) is 22.3. The quantitative estimate of drug-likeness (QED) is 0.127. The Morgan fingerprint density at radius 3 is 1.23 bits per heavy atom. The number of rotatable bonds is 10. The van der Waals surface area contributed by atoms with Crippen molar-refractivity contribution in [2.24, 2.45) is 0 Å². The van der Waals surface area contributed by atoms with Gasteiger partial charge in [0.25, 0.3) is 13.4 Å². The van der Waals surface area contributed by atoms with Crippen LogP contribution in [0.5, 0.6) is 23.0 Å². The van der Waals surface area contributed by atoms with Crippen LogP contribution in [0.2, 0.25) is 0 Å². The first-order valence-corrected chi connectivity index (χ1v) is 29.5. The number of hydrogen-bond donors (Lipinski definition) is 0. The predicted molar refractivity (Wildman–Crippen MR) is 358 cm³/mol. The number of anilines is 12. The van der Waals surface area contributed by atoms with Gasteiger partial charge in [0.2, 0.25) is 0 Å². The van der Waals surface area contributed by atoms with Gasteiger partial charge in [-0.1, -0.05) is 212 Å². The lowest BCUT2D eigenvalue weighted by Crippen LogP contribution is -2.64. The molecule has 0 radical (unpaired) electrons. The molecule has 0 aromatic heterocycles. The number of fused-ring (bicyclic) bond motifs is 8. The fourth-order valence-corrected chi connectivity index (χ4v) is 13.9. The molecule has 0 saturated carbocycles. The third kappa shape index (κ3) is 7.98. The zero-order valence-electron chi connectivity index (χ0n) is 46.8. The molecule has 0 N–H and O–H groups in total. The SMILES string of the molecule is c1ccc(-c2cccc(-c3ccccc3)c2N2c3cc4c(cc3B3c5ccccc5N(c5ccccc5)c5cc(N(c6ccccc6)c6ccccc6)cc2c53)B2c3ccccc3Oc3cc(N(c5ccccc5)c5ccccc5)cc(c32)O4)cc1. The van der Waals surface area contributed by atoms with E-state index in [1.165, 1.54) is 16.4 Å². The zero-order chi connectivity index (χ0) is 56.7. The molecule has 86 heavy (non-hydrogen) atoms. The lowest BCUT2D eigenvalue weighted by atomic mass is 9.31. The maximum absolute atomic E-state index is 7.65. The Hall–Kier alpha value is -11.2. The molecule has 0 unspecified atom stereocenters. The fourth-order valence-electron chi connectivity index (χ4n) is 13.9. The number of benzene rings is 13. The van der Waals surface area contributed by atoms with E-state index in [-0.39, 0.29) is 13.4 Å². The molecule has 17 rings (SSSR count). The summed E-state index contributed by atoms with van der Waals surface area (Å²) in [6, 6.07) is 114. The van der Waals surface area contributed by atoms with Gasteiger partial charge in [-0.05, 0) is 123 Å². The molecule has 0 fully saturated rings. The maximum Gasteiger partial charge on any atom is 0.260 e. The van der Waals surface area contributed by atoms with Gasteiger partial charge >= 0.3 is 0 Å². The van der Waals surface area contributed by atoms with Crippen LogP contribution < -0.4 is 61.9 Å². The van der Waals surface area contributed by atoms with Crippen LogP contribution in [0.3, 0.4) is 0 Å². The molecule has 13 aromatic rings. The highest BCUT2D eigenvalue weighted by Crippen LogP contribution is 2.53. The molecule has 13 aromatic carbocycles. The average Bonchev–Trinajstić information content (AvgIpc) is 0.715. The smallest absolute Gasteiger partial charge is 0.260 e. The van der Waals surface area contributed by atoms with Gasteiger partial charge in [0.05, 0.1) is 17.1 Å². The molecule has 0 saturated heterocycles. The van der Waals surface area contributed by atoms with Gasteiger partial charge in [-0.25, -0.2) is 0 Å². The van der Waals surface area contributed by atoms with Crippen molar-refractivity contribution in [3.8, 4) is 45.3 Å². The first-order valence-electron chi connectivity index (χ1n) is 29.5. The van der Waals surface area contributed by atoms with Gasteiger partial charge in [0.1, 0.15) is 23.0 Å². The number of nitrogens with zero attached hydrogens (tertiary/aromatic N) is 4. The predicted octanol–water partition coefficient (Wildman–Crippen LogP) is 16.8. The molecule has 0 aliphatic carbocycles. The largest absolute Gasteiger partial charge is 0.458 e. The van der Waals surface area contributed by atoms with E-state index in [1.807, 2.05) is 0 Å². The van der Waals surface area contributed by atoms with Gasteiger partial charge in [-0.3, -0.25) is 0 Å². The maximum atomic E-state index is 7.65. The summed E-state index contributed by atoms with van der Waals surface area (Å²) in [7, 11) is 0. The van der Waals surface area contributed by atoms with Crippen LogP contribution in [-0.2, 0) is 0 Å². The summed E-state index contributed by atoms with van der Waals surface area (Å²) in [5.74, 6) is 3.15. The Labute approximate surface area is 501 Å². The molecule has 6 nitrogen and oxygen atoms in total. The summed E-state index contributed by atoms with van der Waals surface area (Å²) >= 11 is 0. The molecule has 4 aliphatic rings. The van der Waals surface area contributed by atoms with E-state index >= 15 is 0 Å². The highest BCUT2D eigenvalue weighted by molar-refractivity contribution is 7.02. The number of ether oxygens (including phenoxy) is 2. The molecular weight excluding hydrogens is 1050 g/mol. The topological polar surface area (TPSA) is 31.4 Å². The van der Waals surface area contributed by atoms with Crippen molar-refractivity contribution in [2.75, 3.05) is 19.6 Å². The molecule has 4 aliphatic heterocycles. The van der Waals surface area contributed by atoms with E-state index in [0.717, 1.165) is 130 Å². The first-order chi connectivity index (χ1) is 42.7. The van der Waals surface area contributed by atoms with E-state index < -0.39 is 0 Å². The summed E-state index contributed by atoms with van der Waals surface area (Å²) in [5, 5.41) is 0. The van der Waals surface area contributed by atoms with E-state index in [4.69, 9.17) is 9.47 Å². The van der Waals surface area contributed by atoms with Crippen molar-refractivity contribution >= 4 is 114 Å². The van der Waals surface area contributed by atoms with Crippen LogP contribution in [0.15, 0.2) is 315 Å². The first kappa shape index (κ1) is 49.4. The van der Waals surface area contributed by atoms with E-state index in [1.54, 1.807) is 0 Å². The zero-order valence-corrected chi connectivity index (χ0v) is 46.8. The van der Waals surface area contributed by atoms with Gasteiger partial charge < -0.3 is 29.1 Å². The second-order valence-electron chi connectivity index (χ2n) is 22.3. The van der Waals surface area contributed by atoms with Gasteiger partial charge in [-0.2, -0.15) is 0 Å². The fraction of sp³-hybridized carbons (Fsp3) is 0. The van der Waals surface area contributed by atoms with Crippen LogP contribution in [0.4, 0.5) is 68.2 Å². The summed E-state index contributed by atoms with van der Waals surface area (Å²) in [4.78, 5) is 9.78. The summed E-state index contributed by atoms with van der Waals surface area (Å²) in [6.07, 6.45) is 0. The molecule has 0 amide bonds. The van der Waals surface area contributed by atoms with Gasteiger partial charge in [0, 0.05) is 86.0 Å². The summed E-state index contributed by atoms with van der Waals surface area (Å²) < 4.78 is 14.7. The minimum atomic E-state index is -0.215. The molecule has 4 heterocycles. The second kappa shape index (κ2) is 20.3. The molecule has 0 atom stereocenters. The molecule has 0 bridgehead atoms. The minimum Gasteiger partial charge on any atom is -0.458 e. The van der Waals surface area contributed by atoms with Crippen molar-refractivity contribution in [3.63, 3.8) is 0 Å². The van der Waals surface area contributed by atoms with E-state index in [0.29, 0.717) is 0 Å². The lowest BCUT2D eigenvalue weighted by Gasteiger charge is -2.46. The highest BCUT2D eigenvalue weighted by atomic mass is 16.5. The van der Waals surface area contributed by atoms with Crippen molar-refractivity contribution < 1.29 is 9.47 Å². The van der Waals surface area contributed by atoms with Crippen LogP contribution in [-0.4, -0.2) is 13.4 Å². The Kier molecular flexibility index (Phi) is 11.7. The third-order valence-electron chi connectivity index (χ3n) is 17.5. The molecule has 402 valence electrons. The van der Waals surface area contributed by atoms with Crippen molar-refractivity contribution in [3.05, 3.63) is 315 Å². The monoisotopic (exact) mass is 1100 g/mol. The minimum absolute atomic E-state index is 0.212. The average molecular weight is 1100 g/mol. The standard InChI is InChI=1S/C78H52B2N4O2/c1-8-27-53(28-9-1)62-41-26-42-63(54-29-10-2-11-30-54)78(62)84-69-52-73-67(80-65-44-23-25-46-72(65)85-74-49-61(50-75(86-73)77(74)80)82(57-35-16-5-17-36-57)58-37-18-6-19-38-58)51-66(69)79-64-43-22-24-45-68(64)83(59-39-20-7-21-40-59)70-47-60(48-71(84)76(70)79)81(55-31-12-3-13-32-55)56-33-14-4-15-34-56/h1-52H. The Bertz CT molecular complexity index is 4590. The number of hydrogen-bond acceptors (Lipinski definition) is 6. The van der Waals surface area contributed by atoms with Crippen LogP contribution in [0, 0.1) is 0 Å². The third-order valence-corrected chi connectivity index (χ3v) is 17.5. The molecule has 0 spiro atoms. The molecular formula is C78H52B2N4O2. The van der Waals surface area contributed by atoms with E-state index in [2.05, 4.69) is 335 Å². The van der Waals surface area contributed by atoms with Gasteiger partial charge in [-0.15, -0.1) is 0 Å². The Morgan fingerprint density at radius 2 is 0.686 bits per heavy atom.